The van der Waals surface area contributed by atoms with Crippen LogP contribution < -0.4 is 11.0 Å². The average molecular weight is 402 g/mol. The van der Waals surface area contributed by atoms with Gasteiger partial charge in [-0.05, 0) is 24.1 Å². The summed E-state index contributed by atoms with van der Waals surface area (Å²) in [6.45, 7) is 0.629. The molecule has 0 aliphatic carbocycles. The number of rotatable bonds is 5. The smallest absolute Gasteiger partial charge is 0.326 e. The van der Waals surface area contributed by atoms with E-state index in [1.807, 2.05) is 42.5 Å². The Hall–Kier alpha value is -3.68. The van der Waals surface area contributed by atoms with Crippen molar-refractivity contribution >= 4 is 16.9 Å². The zero-order chi connectivity index (χ0) is 20.5. The predicted octanol–water partition coefficient (Wildman–Crippen LogP) is 1.64. The maximum atomic E-state index is 12.7. The van der Waals surface area contributed by atoms with Crippen molar-refractivity contribution in [1.82, 2.24) is 29.6 Å². The molecule has 1 atom stereocenters. The third-order valence-electron chi connectivity index (χ3n) is 5.58. The topological polar surface area (TPSA) is 97.6 Å². The molecule has 2 aromatic carbocycles. The molecule has 152 valence electrons. The summed E-state index contributed by atoms with van der Waals surface area (Å²) >= 11 is 0. The minimum atomic E-state index is -0.277. The molecule has 0 bridgehead atoms. The van der Waals surface area contributed by atoms with Crippen LogP contribution in [-0.4, -0.2) is 36.3 Å². The average Bonchev–Trinajstić information content (AvgIpc) is 3.29. The van der Waals surface area contributed by atoms with Gasteiger partial charge in [-0.2, -0.15) is 0 Å². The van der Waals surface area contributed by atoms with E-state index in [2.05, 4.69) is 37.2 Å². The Balaban J connectivity index is 1.28. The SMILES string of the molecule is O=C(Cn1c(=O)[nH]c2ccccc21)N[C@@H]1CCc2nnc(Cc3ccccc3)n2C1. The molecule has 0 radical (unpaired) electrons. The molecule has 8 heteroatoms. The van der Waals surface area contributed by atoms with Crippen LogP contribution in [0, 0.1) is 0 Å². The quantitative estimate of drug-likeness (QED) is 0.530. The lowest BCUT2D eigenvalue weighted by Gasteiger charge is -2.25. The molecular formula is C22H22N6O2. The number of carbonyl (C=O) groups is 1. The van der Waals surface area contributed by atoms with Crippen molar-refractivity contribution < 1.29 is 4.79 Å². The van der Waals surface area contributed by atoms with E-state index < -0.39 is 0 Å². The van der Waals surface area contributed by atoms with Gasteiger partial charge < -0.3 is 14.9 Å². The number of nitrogens with one attached hydrogen (secondary N) is 2. The molecule has 0 unspecified atom stereocenters. The van der Waals surface area contributed by atoms with Crippen LogP contribution in [0.1, 0.15) is 23.6 Å². The number of para-hydroxylation sites is 2. The highest BCUT2D eigenvalue weighted by atomic mass is 16.2. The largest absolute Gasteiger partial charge is 0.350 e. The van der Waals surface area contributed by atoms with E-state index in [0.717, 1.165) is 35.5 Å². The third kappa shape index (κ3) is 3.52. The van der Waals surface area contributed by atoms with E-state index >= 15 is 0 Å². The molecule has 0 fully saturated rings. The van der Waals surface area contributed by atoms with Crippen molar-refractivity contribution in [3.63, 3.8) is 0 Å². The highest BCUT2D eigenvalue weighted by molar-refractivity contribution is 5.80. The standard InChI is InChI=1S/C22H22N6O2/c29-21(14-27-18-9-5-4-8-17(18)24-22(27)30)23-16-10-11-19-25-26-20(28(19)13-16)12-15-6-2-1-3-7-15/h1-9,16H,10-14H2,(H,23,29)(H,24,30)/t16-/m1/s1. The number of aromatic nitrogens is 5. The number of aryl methyl sites for hydroxylation is 1. The first kappa shape index (κ1) is 18.4. The summed E-state index contributed by atoms with van der Waals surface area (Å²) < 4.78 is 3.58. The van der Waals surface area contributed by atoms with E-state index in [4.69, 9.17) is 0 Å². The summed E-state index contributed by atoms with van der Waals surface area (Å²) in [5.41, 5.74) is 2.36. The number of carbonyl (C=O) groups excluding carboxylic acids is 1. The molecule has 2 N–H and O–H groups in total. The maximum absolute atomic E-state index is 12.7. The van der Waals surface area contributed by atoms with Crippen LogP contribution in [0.3, 0.4) is 0 Å². The minimum absolute atomic E-state index is 0.00868. The molecule has 0 saturated carbocycles. The number of hydrogen-bond acceptors (Lipinski definition) is 4. The lowest BCUT2D eigenvalue weighted by molar-refractivity contribution is -0.122. The van der Waals surface area contributed by atoms with Crippen LogP contribution in [0.4, 0.5) is 0 Å². The number of aromatic amines is 1. The monoisotopic (exact) mass is 402 g/mol. The van der Waals surface area contributed by atoms with Crippen molar-refractivity contribution in [2.45, 2.75) is 38.4 Å². The summed E-state index contributed by atoms with van der Waals surface area (Å²) in [5, 5.41) is 11.8. The van der Waals surface area contributed by atoms with Gasteiger partial charge in [0, 0.05) is 25.4 Å². The van der Waals surface area contributed by atoms with Crippen LogP contribution in [-0.2, 0) is 30.7 Å². The normalized spacial score (nSPS) is 15.8. The molecule has 3 heterocycles. The fourth-order valence-electron chi connectivity index (χ4n) is 4.09. The first-order valence-corrected chi connectivity index (χ1v) is 10.1. The minimum Gasteiger partial charge on any atom is -0.350 e. The highest BCUT2D eigenvalue weighted by Crippen LogP contribution is 2.17. The van der Waals surface area contributed by atoms with Gasteiger partial charge in [-0.15, -0.1) is 10.2 Å². The van der Waals surface area contributed by atoms with Gasteiger partial charge in [0.1, 0.15) is 18.2 Å². The van der Waals surface area contributed by atoms with Crippen LogP contribution in [0.2, 0.25) is 0 Å². The lowest BCUT2D eigenvalue weighted by Crippen LogP contribution is -2.43. The van der Waals surface area contributed by atoms with Gasteiger partial charge in [-0.3, -0.25) is 9.36 Å². The number of H-pyrrole nitrogens is 1. The number of benzene rings is 2. The van der Waals surface area contributed by atoms with Gasteiger partial charge in [0.25, 0.3) is 0 Å². The van der Waals surface area contributed by atoms with Crippen molar-refractivity contribution in [3.05, 3.63) is 82.3 Å². The van der Waals surface area contributed by atoms with Crippen LogP contribution >= 0.6 is 0 Å². The number of fused-ring (bicyclic) bond motifs is 2. The Labute approximate surface area is 172 Å². The van der Waals surface area contributed by atoms with E-state index in [0.29, 0.717) is 13.0 Å². The predicted molar refractivity (Wildman–Crippen MR) is 112 cm³/mol. The molecule has 1 aliphatic rings. The first-order valence-electron chi connectivity index (χ1n) is 10.1. The molecule has 2 aromatic heterocycles. The lowest BCUT2D eigenvalue weighted by atomic mass is 10.1. The Morgan fingerprint density at radius 3 is 2.77 bits per heavy atom. The zero-order valence-electron chi connectivity index (χ0n) is 16.4. The maximum Gasteiger partial charge on any atom is 0.326 e. The van der Waals surface area contributed by atoms with E-state index in [-0.39, 0.29) is 24.2 Å². The highest BCUT2D eigenvalue weighted by Gasteiger charge is 2.24. The van der Waals surface area contributed by atoms with Crippen molar-refractivity contribution in [2.24, 2.45) is 0 Å². The Bertz CT molecular complexity index is 1250. The van der Waals surface area contributed by atoms with Crippen molar-refractivity contribution in [2.75, 3.05) is 0 Å². The molecular weight excluding hydrogens is 380 g/mol. The zero-order valence-corrected chi connectivity index (χ0v) is 16.4. The van der Waals surface area contributed by atoms with Crippen molar-refractivity contribution in [3.8, 4) is 0 Å². The fraction of sp³-hybridized carbons (Fsp3) is 0.273. The number of nitrogens with zero attached hydrogens (tertiary/aromatic N) is 4. The van der Waals surface area contributed by atoms with Gasteiger partial charge in [-0.1, -0.05) is 42.5 Å². The van der Waals surface area contributed by atoms with E-state index in [1.165, 1.54) is 10.1 Å². The Morgan fingerprint density at radius 2 is 1.90 bits per heavy atom. The summed E-state index contributed by atoms with van der Waals surface area (Å²) in [7, 11) is 0. The molecule has 5 rings (SSSR count). The van der Waals surface area contributed by atoms with Gasteiger partial charge in [0.05, 0.1) is 11.0 Å². The Morgan fingerprint density at radius 1 is 1.10 bits per heavy atom. The second kappa shape index (κ2) is 7.62. The van der Waals surface area contributed by atoms with Crippen LogP contribution in [0.5, 0.6) is 0 Å². The molecule has 4 aromatic rings. The van der Waals surface area contributed by atoms with E-state index in [1.54, 1.807) is 0 Å². The summed E-state index contributed by atoms with van der Waals surface area (Å²) in [5.74, 6) is 1.69. The van der Waals surface area contributed by atoms with Crippen LogP contribution in [0.25, 0.3) is 11.0 Å². The molecule has 1 amide bonds. The van der Waals surface area contributed by atoms with Gasteiger partial charge >= 0.3 is 5.69 Å². The fourth-order valence-corrected chi connectivity index (χ4v) is 4.09. The molecule has 8 nitrogen and oxygen atoms in total. The van der Waals surface area contributed by atoms with Gasteiger partial charge in [0.2, 0.25) is 5.91 Å². The second-order valence-electron chi connectivity index (χ2n) is 7.64. The summed E-state index contributed by atoms with van der Waals surface area (Å²) in [6.07, 6.45) is 2.27. The van der Waals surface area contributed by atoms with Crippen molar-refractivity contribution in [1.29, 1.82) is 0 Å². The van der Waals surface area contributed by atoms with Gasteiger partial charge in [0.15, 0.2) is 0 Å². The summed E-state index contributed by atoms with van der Waals surface area (Å²) in [4.78, 5) is 27.7. The first-order chi connectivity index (χ1) is 14.7. The number of hydrogen-bond donors (Lipinski definition) is 2. The van der Waals surface area contributed by atoms with Crippen LogP contribution in [0.15, 0.2) is 59.4 Å². The third-order valence-corrected chi connectivity index (χ3v) is 5.58. The number of amides is 1. The Kier molecular flexibility index (Phi) is 4.66. The van der Waals surface area contributed by atoms with Gasteiger partial charge in [-0.25, -0.2) is 4.79 Å². The molecule has 0 saturated heterocycles. The molecule has 30 heavy (non-hydrogen) atoms. The van der Waals surface area contributed by atoms with E-state index in [9.17, 15) is 9.59 Å². The second-order valence-corrected chi connectivity index (χ2v) is 7.64. The number of imidazole rings is 1. The molecule has 1 aliphatic heterocycles. The molecule has 0 spiro atoms. The summed E-state index contributed by atoms with van der Waals surface area (Å²) in [6, 6.07) is 17.5.